The lowest BCUT2D eigenvalue weighted by Gasteiger charge is -1.97. The van der Waals surface area contributed by atoms with Crippen LogP contribution in [0.3, 0.4) is 0 Å². The molecule has 0 saturated carbocycles. The largest absolute Gasteiger partial charge is 0.365 e. The van der Waals surface area contributed by atoms with Gasteiger partial charge < -0.3 is 10.3 Å². The molecule has 72 valence electrons. The van der Waals surface area contributed by atoms with E-state index >= 15 is 0 Å². The first-order valence-corrected chi connectivity index (χ1v) is 4.02. The van der Waals surface area contributed by atoms with Crippen molar-refractivity contribution in [3.05, 3.63) is 29.6 Å². The third-order valence-electron chi connectivity index (χ3n) is 1.85. The maximum Gasteiger partial charge on any atom is 0.261 e. The fourth-order valence-corrected chi connectivity index (χ4v) is 1.13. The molecule has 14 heavy (non-hydrogen) atoms. The van der Waals surface area contributed by atoms with Gasteiger partial charge in [-0.25, -0.2) is 4.39 Å². The van der Waals surface area contributed by atoms with Crippen LogP contribution in [0.2, 0.25) is 0 Å². The Morgan fingerprint density at radius 1 is 1.43 bits per heavy atom. The minimum absolute atomic E-state index is 0.0713. The summed E-state index contributed by atoms with van der Waals surface area (Å²) in [4.78, 5) is 3.83. The van der Waals surface area contributed by atoms with E-state index in [-0.39, 0.29) is 11.8 Å². The molecule has 0 spiro atoms. The Morgan fingerprint density at radius 2 is 2.21 bits per heavy atom. The number of halogens is 1. The molecule has 0 aliphatic heterocycles. The molecule has 2 N–H and O–H groups in total. The summed E-state index contributed by atoms with van der Waals surface area (Å²) in [6.07, 6.45) is 0. The zero-order valence-corrected chi connectivity index (χ0v) is 7.49. The Bertz CT molecular complexity index is 467. The van der Waals surface area contributed by atoms with Crippen LogP contribution in [0.4, 0.5) is 10.3 Å². The highest BCUT2D eigenvalue weighted by Gasteiger charge is 2.07. The molecule has 0 bridgehead atoms. The lowest BCUT2D eigenvalue weighted by Crippen LogP contribution is -1.87. The molecule has 5 heteroatoms. The molecular weight excluding hydrogens is 185 g/mol. The maximum atomic E-state index is 12.9. The van der Waals surface area contributed by atoms with Crippen LogP contribution in [-0.2, 0) is 0 Å². The molecule has 0 aliphatic carbocycles. The average Bonchev–Trinajstić information content (AvgIpc) is 2.57. The molecule has 4 nitrogen and oxygen atoms in total. The molecule has 0 atom stereocenters. The van der Waals surface area contributed by atoms with Crippen molar-refractivity contribution < 1.29 is 8.91 Å². The number of anilines is 1. The standard InChI is InChI=1S/C9H8FN3O/c1-5-4-6(2-3-7(5)10)8-12-9(11)13-14-8/h2-4H,1H3,(H2,11,13). The minimum Gasteiger partial charge on any atom is -0.365 e. The van der Waals surface area contributed by atoms with Crippen molar-refractivity contribution >= 4 is 5.95 Å². The normalized spacial score (nSPS) is 10.4. The Kier molecular flexibility index (Phi) is 1.92. The van der Waals surface area contributed by atoms with Crippen LogP contribution in [0.5, 0.6) is 0 Å². The second-order valence-electron chi connectivity index (χ2n) is 2.92. The van der Waals surface area contributed by atoms with E-state index in [0.29, 0.717) is 17.0 Å². The summed E-state index contributed by atoms with van der Waals surface area (Å²) < 4.78 is 17.8. The first kappa shape index (κ1) is 8.68. The molecule has 1 aromatic heterocycles. The first-order chi connectivity index (χ1) is 6.66. The van der Waals surface area contributed by atoms with Gasteiger partial charge in [-0.1, -0.05) is 0 Å². The number of benzene rings is 1. The molecule has 0 radical (unpaired) electrons. The van der Waals surface area contributed by atoms with E-state index < -0.39 is 0 Å². The Balaban J connectivity index is 2.47. The number of aryl methyl sites for hydroxylation is 1. The molecule has 0 amide bonds. The van der Waals surface area contributed by atoms with Gasteiger partial charge in [-0.2, -0.15) is 4.98 Å². The highest BCUT2D eigenvalue weighted by atomic mass is 19.1. The van der Waals surface area contributed by atoms with Crippen molar-refractivity contribution in [3.8, 4) is 11.5 Å². The Morgan fingerprint density at radius 3 is 2.79 bits per heavy atom. The van der Waals surface area contributed by atoms with Gasteiger partial charge in [0.25, 0.3) is 11.8 Å². The maximum absolute atomic E-state index is 12.9. The molecule has 2 rings (SSSR count). The van der Waals surface area contributed by atoms with Gasteiger partial charge in [0.05, 0.1) is 0 Å². The predicted molar refractivity (Wildman–Crippen MR) is 48.8 cm³/mol. The SMILES string of the molecule is Cc1cc(-c2nc(N)no2)ccc1F. The minimum atomic E-state index is -0.263. The highest BCUT2D eigenvalue weighted by Crippen LogP contribution is 2.20. The summed E-state index contributed by atoms with van der Waals surface area (Å²) in [7, 11) is 0. The third kappa shape index (κ3) is 1.44. The predicted octanol–water partition coefficient (Wildman–Crippen LogP) is 1.77. The van der Waals surface area contributed by atoms with Crippen molar-refractivity contribution in [3.63, 3.8) is 0 Å². The fourth-order valence-electron chi connectivity index (χ4n) is 1.13. The average molecular weight is 193 g/mol. The smallest absolute Gasteiger partial charge is 0.261 e. The van der Waals surface area contributed by atoms with Crippen LogP contribution < -0.4 is 5.73 Å². The van der Waals surface area contributed by atoms with E-state index in [1.54, 1.807) is 19.1 Å². The third-order valence-corrected chi connectivity index (χ3v) is 1.85. The molecule has 1 aromatic carbocycles. The van der Waals surface area contributed by atoms with Gasteiger partial charge in [-0.15, -0.1) is 0 Å². The second-order valence-corrected chi connectivity index (χ2v) is 2.92. The van der Waals surface area contributed by atoms with Crippen molar-refractivity contribution in [1.29, 1.82) is 0 Å². The van der Waals surface area contributed by atoms with Crippen LogP contribution >= 0.6 is 0 Å². The summed E-state index contributed by atoms with van der Waals surface area (Å²) >= 11 is 0. The number of hydrogen-bond donors (Lipinski definition) is 1. The molecule has 2 aromatic rings. The molecule has 0 aliphatic rings. The number of rotatable bonds is 1. The van der Waals surface area contributed by atoms with Crippen molar-refractivity contribution in [1.82, 2.24) is 10.1 Å². The summed E-state index contributed by atoms with van der Waals surface area (Å²) in [6, 6.07) is 4.54. The molecule has 0 unspecified atom stereocenters. The number of hydrogen-bond acceptors (Lipinski definition) is 4. The topological polar surface area (TPSA) is 64.9 Å². The quantitative estimate of drug-likeness (QED) is 0.749. The van der Waals surface area contributed by atoms with E-state index in [1.807, 2.05) is 0 Å². The lowest BCUT2D eigenvalue weighted by molar-refractivity contribution is 0.433. The number of nitrogens with two attached hydrogens (primary N) is 1. The van der Waals surface area contributed by atoms with Crippen LogP contribution in [0, 0.1) is 12.7 Å². The Hall–Kier alpha value is -1.91. The second kappa shape index (κ2) is 3.10. The zero-order valence-electron chi connectivity index (χ0n) is 7.49. The van der Waals surface area contributed by atoms with Crippen LogP contribution in [-0.4, -0.2) is 10.1 Å². The summed E-state index contributed by atoms with van der Waals surface area (Å²) in [6.45, 7) is 1.67. The summed E-state index contributed by atoms with van der Waals surface area (Å²) in [5.74, 6) is 0.105. The van der Waals surface area contributed by atoms with Gasteiger partial charge in [0.1, 0.15) is 5.82 Å². The van der Waals surface area contributed by atoms with Gasteiger partial charge in [0.15, 0.2) is 0 Å². The lowest BCUT2D eigenvalue weighted by atomic mass is 10.1. The van der Waals surface area contributed by atoms with Gasteiger partial charge in [0, 0.05) is 5.56 Å². The first-order valence-electron chi connectivity index (χ1n) is 4.02. The number of nitrogens with zero attached hydrogens (tertiary/aromatic N) is 2. The number of nitrogen functional groups attached to an aromatic ring is 1. The van der Waals surface area contributed by atoms with Crippen molar-refractivity contribution in [2.75, 3.05) is 5.73 Å². The molecule has 0 saturated heterocycles. The van der Waals surface area contributed by atoms with Gasteiger partial charge in [-0.05, 0) is 35.8 Å². The van der Waals surface area contributed by atoms with Gasteiger partial charge in [0.2, 0.25) is 0 Å². The zero-order chi connectivity index (χ0) is 10.1. The van der Waals surface area contributed by atoms with E-state index in [4.69, 9.17) is 10.3 Å². The Labute approximate surface area is 79.5 Å². The fraction of sp³-hybridized carbons (Fsp3) is 0.111. The molecule has 1 heterocycles. The van der Waals surface area contributed by atoms with Gasteiger partial charge >= 0.3 is 0 Å². The van der Waals surface area contributed by atoms with Crippen molar-refractivity contribution in [2.45, 2.75) is 6.92 Å². The van der Waals surface area contributed by atoms with E-state index in [2.05, 4.69) is 10.1 Å². The van der Waals surface area contributed by atoms with E-state index in [1.165, 1.54) is 6.07 Å². The summed E-state index contributed by atoms with van der Waals surface area (Å²) in [5.41, 5.74) is 6.48. The van der Waals surface area contributed by atoms with Crippen LogP contribution in [0.15, 0.2) is 22.7 Å². The summed E-state index contributed by atoms with van der Waals surface area (Å²) in [5, 5.41) is 3.44. The molecular formula is C9H8FN3O. The van der Waals surface area contributed by atoms with E-state index in [0.717, 1.165) is 0 Å². The monoisotopic (exact) mass is 193 g/mol. The molecule has 0 fully saturated rings. The van der Waals surface area contributed by atoms with Gasteiger partial charge in [-0.3, -0.25) is 0 Å². The van der Waals surface area contributed by atoms with Crippen molar-refractivity contribution in [2.24, 2.45) is 0 Å². The van der Waals surface area contributed by atoms with Crippen LogP contribution in [0.25, 0.3) is 11.5 Å². The highest BCUT2D eigenvalue weighted by molar-refractivity contribution is 5.55. The van der Waals surface area contributed by atoms with Crippen LogP contribution in [0.1, 0.15) is 5.56 Å². The number of aromatic nitrogens is 2. The van der Waals surface area contributed by atoms with E-state index in [9.17, 15) is 4.39 Å².